The Labute approximate surface area is 131 Å². The van der Waals surface area contributed by atoms with Crippen LogP contribution >= 0.6 is 11.8 Å². The lowest BCUT2D eigenvalue weighted by atomic mass is 10.2. The molecule has 0 fully saturated rings. The SMILES string of the molecule is N#CC(C#N)=NNc1ccccc1SCc1cccc(F)c1. The van der Waals surface area contributed by atoms with E-state index >= 15 is 0 Å². The minimum atomic E-state index is -0.262. The molecule has 0 aliphatic heterocycles. The maximum Gasteiger partial charge on any atom is 0.237 e. The Kier molecular flexibility index (Phi) is 5.53. The molecular formula is C16H11FN4S. The molecule has 2 aromatic carbocycles. The Morgan fingerprint density at radius 2 is 1.91 bits per heavy atom. The van der Waals surface area contributed by atoms with Gasteiger partial charge >= 0.3 is 0 Å². The van der Waals surface area contributed by atoms with Crippen LogP contribution in [0.4, 0.5) is 10.1 Å². The summed E-state index contributed by atoms with van der Waals surface area (Å²) in [7, 11) is 0. The number of rotatable bonds is 5. The van der Waals surface area contributed by atoms with Crippen molar-refractivity contribution < 1.29 is 4.39 Å². The highest BCUT2D eigenvalue weighted by molar-refractivity contribution is 7.98. The van der Waals surface area contributed by atoms with E-state index in [0.717, 1.165) is 10.5 Å². The average molecular weight is 310 g/mol. The fourth-order valence-electron chi connectivity index (χ4n) is 1.66. The summed E-state index contributed by atoms with van der Waals surface area (Å²) in [6, 6.07) is 17.2. The largest absolute Gasteiger partial charge is 0.275 e. The zero-order chi connectivity index (χ0) is 15.8. The first-order valence-corrected chi connectivity index (χ1v) is 7.31. The van der Waals surface area contributed by atoms with Gasteiger partial charge in [-0.2, -0.15) is 15.6 Å². The molecule has 0 saturated carbocycles. The van der Waals surface area contributed by atoms with Crippen molar-refractivity contribution in [3.05, 3.63) is 59.9 Å². The molecule has 0 unspecified atom stereocenters. The van der Waals surface area contributed by atoms with Crippen LogP contribution < -0.4 is 5.43 Å². The number of hydrogen-bond acceptors (Lipinski definition) is 5. The minimum Gasteiger partial charge on any atom is -0.275 e. The molecule has 0 heterocycles. The van der Waals surface area contributed by atoms with E-state index in [-0.39, 0.29) is 11.5 Å². The number of halogens is 1. The summed E-state index contributed by atoms with van der Waals surface area (Å²) in [6.07, 6.45) is 0. The Hall–Kier alpha value is -2.83. The third-order valence-corrected chi connectivity index (χ3v) is 3.82. The van der Waals surface area contributed by atoms with E-state index in [9.17, 15) is 4.39 Å². The van der Waals surface area contributed by atoms with Crippen LogP contribution in [0.1, 0.15) is 5.56 Å². The molecular weight excluding hydrogens is 299 g/mol. The smallest absolute Gasteiger partial charge is 0.237 e. The Morgan fingerprint density at radius 3 is 2.64 bits per heavy atom. The van der Waals surface area contributed by atoms with Gasteiger partial charge in [0.2, 0.25) is 5.71 Å². The second kappa shape index (κ2) is 7.82. The summed E-state index contributed by atoms with van der Waals surface area (Å²) in [6.45, 7) is 0. The highest BCUT2D eigenvalue weighted by atomic mass is 32.2. The summed E-state index contributed by atoms with van der Waals surface area (Å²) in [5.74, 6) is 0.338. The third-order valence-electron chi connectivity index (χ3n) is 2.67. The normalized spacial score (nSPS) is 9.41. The van der Waals surface area contributed by atoms with Crippen LogP contribution in [0.3, 0.4) is 0 Å². The number of hydrazone groups is 1. The highest BCUT2D eigenvalue weighted by Gasteiger charge is 2.04. The number of para-hydroxylation sites is 1. The maximum absolute atomic E-state index is 13.2. The predicted octanol–water partition coefficient (Wildman–Crippen LogP) is 3.93. The number of benzene rings is 2. The monoisotopic (exact) mass is 310 g/mol. The lowest BCUT2D eigenvalue weighted by molar-refractivity contribution is 0.626. The maximum atomic E-state index is 13.2. The molecule has 0 amide bonds. The van der Waals surface area contributed by atoms with Gasteiger partial charge in [-0.15, -0.1) is 11.8 Å². The van der Waals surface area contributed by atoms with Crippen LogP contribution in [-0.4, -0.2) is 5.71 Å². The van der Waals surface area contributed by atoms with Crippen molar-refractivity contribution in [1.82, 2.24) is 0 Å². The van der Waals surface area contributed by atoms with Gasteiger partial charge in [0, 0.05) is 10.6 Å². The molecule has 22 heavy (non-hydrogen) atoms. The van der Waals surface area contributed by atoms with E-state index in [4.69, 9.17) is 10.5 Å². The molecule has 0 bridgehead atoms. The Bertz CT molecular complexity index is 758. The van der Waals surface area contributed by atoms with Crippen LogP contribution in [0.25, 0.3) is 0 Å². The first-order chi connectivity index (χ1) is 10.7. The fourth-order valence-corrected chi connectivity index (χ4v) is 2.61. The van der Waals surface area contributed by atoms with Crippen molar-refractivity contribution in [3.8, 4) is 12.1 Å². The molecule has 0 aliphatic rings. The lowest BCUT2D eigenvalue weighted by Gasteiger charge is -2.08. The van der Waals surface area contributed by atoms with E-state index in [1.165, 1.54) is 23.9 Å². The van der Waals surface area contributed by atoms with Crippen LogP contribution in [0.15, 0.2) is 58.5 Å². The number of anilines is 1. The molecule has 108 valence electrons. The van der Waals surface area contributed by atoms with Gasteiger partial charge in [-0.1, -0.05) is 24.3 Å². The molecule has 0 aliphatic carbocycles. The molecule has 2 rings (SSSR count). The van der Waals surface area contributed by atoms with Gasteiger partial charge in [-0.25, -0.2) is 4.39 Å². The zero-order valence-corrected chi connectivity index (χ0v) is 12.3. The van der Waals surface area contributed by atoms with Gasteiger partial charge in [-0.3, -0.25) is 5.43 Å². The van der Waals surface area contributed by atoms with Crippen molar-refractivity contribution in [3.63, 3.8) is 0 Å². The zero-order valence-electron chi connectivity index (χ0n) is 11.5. The van der Waals surface area contributed by atoms with Crippen molar-refractivity contribution in [1.29, 1.82) is 10.5 Å². The summed E-state index contributed by atoms with van der Waals surface area (Å²) < 4.78 is 13.2. The lowest BCUT2D eigenvalue weighted by Crippen LogP contribution is -1.97. The fraction of sp³-hybridized carbons (Fsp3) is 0.0625. The number of nitrogens with zero attached hydrogens (tertiary/aromatic N) is 3. The highest BCUT2D eigenvalue weighted by Crippen LogP contribution is 2.29. The number of hydrogen-bond donors (Lipinski definition) is 1. The Balaban J connectivity index is 2.10. The molecule has 0 spiro atoms. The van der Waals surface area contributed by atoms with Crippen molar-refractivity contribution in [2.24, 2.45) is 5.10 Å². The topological polar surface area (TPSA) is 72.0 Å². The third kappa shape index (κ3) is 4.34. The number of nitrogens with one attached hydrogen (secondary N) is 1. The quantitative estimate of drug-likeness (QED) is 0.516. The summed E-state index contributed by atoms with van der Waals surface area (Å²) >= 11 is 1.51. The van der Waals surface area contributed by atoms with Gasteiger partial charge in [0.05, 0.1) is 5.69 Å². The van der Waals surface area contributed by atoms with E-state index in [1.807, 2.05) is 24.3 Å². The van der Waals surface area contributed by atoms with E-state index < -0.39 is 0 Å². The van der Waals surface area contributed by atoms with Crippen molar-refractivity contribution >= 4 is 23.2 Å². The van der Waals surface area contributed by atoms with Crippen LogP contribution in [0, 0.1) is 28.5 Å². The molecule has 6 heteroatoms. The van der Waals surface area contributed by atoms with Gasteiger partial charge in [0.25, 0.3) is 0 Å². The number of nitriles is 2. The van der Waals surface area contributed by atoms with Crippen molar-refractivity contribution in [2.45, 2.75) is 10.6 Å². The average Bonchev–Trinajstić information content (AvgIpc) is 2.55. The molecule has 1 N–H and O–H groups in total. The Morgan fingerprint density at radius 1 is 1.14 bits per heavy atom. The molecule has 0 radical (unpaired) electrons. The summed E-state index contributed by atoms with van der Waals surface area (Å²) in [4.78, 5) is 0.894. The minimum absolute atomic E-state index is 0.245. The predicted molar refractivity (Wildman–Crippen MR) is 84.7 cm³/mol. The first kappa shape index (κ1) is 15.6. The van der Waals surface area contributed by atoms with E-state index in [2.05, 4.69) is 10.5 Å². The number of thioether (sulfide) groups is 1. The first-order valence-electron chi connectivity index (χ1n) is 6.33. The molecule has 0 saturated heterocycles. The molecule has 0 aromatic heterocycles. The van der Waals surface area contributed by atoms with Crippen LogP contribution in [-0.2, 0) is 5.75 Å². The molecule has 4 nitrogen and oxygen atoms in total. The molecule has 2 aromatic rings. The molecule has 0 atom stereocenters. The second-order valence-corrected chi connectivity index (χ2v) is 5.23. The second-order valence-electron chi connectivity index (χ2n) is 4.21. The van der Waals surface area contributed by atoms with Crippen molar-refractivity contribution in [2.75, 3.05) is 5.43 Å². The van der Waals surface area contributed by atoms with Gasteiger partial charge < -0.3 is 0 Å². The van der Waals surface area contributed by atoms with E-state index in [0.29, 0.717) is 11.4 Å². The van der Waals surface area contributed by atoms with E-state index in [1.54, 1.807) is 24.3 Å². The van der Waals surface area contributed by atoms with Gasteiger partial charge in [0.15, 0.2) is 0 Å². The van der Waals surface area contributed by atoms with Gasteiger partial charge in [-0.05, 0) is 29.8 Å². The summed E-state index contributed by atoms with van der Waals surface area (Å²) in [5.41, 5.74) is 4.03. The standard InChI is InChI=1S/C16H11FN4S/c17-13-5-3-4-12(8-13)11-22-16-7-2-1-6-15(16)21-20-14(9-18)10-19/h1-8,21H,11H2. The van der Waals surface area contributed by atoms with Crippen LogP contribution in [0.5, 0.6) is 0 Å². The van der Waals surface area contributed by atoms with Gasteiger partial charge in [0.1, 0.15) is 18.0 Å². The van der Waals surface area contributed by atoms with Crippen LogP contribution in [0.2, 0.25) is 0 Å². The summed E-state index contributed by atoms with van der Waals surface area (Å²) in [5, 5.41) is 21.1.